The van der Waals surface area contributed by atoms with E-state index < -0.39 is 0 Å². The number of hydrogen-bond donors (Lipinski definition) is 0. The van der Waals surface area contributed by atoms with Crippen LogP contribution in [0.2, 0.25) is 5.02 Å². The normalized spacial score (nSPS) is 10.8. The zero-order chi connectivity index (χ0) is 18.2. The summed E-state index contributed by atoms with van der Waals surface area (Å²) in [7, 11) is 0. The summed E-state index contributed by atoms with van der Waals surface area (Å²) in [5.41, 5.74) is 1.61. The van der Waals surface area contributed by atoms with Gasteiger partial charge < -0.3 is 9.26 Å². The van der Waals surface area contributed by atoms with Crippen LogP contribution >= 0.6 is 11.6 Å². The van der Waals surface area contributed by atoms with Crippen LogP contribution in [0.1, 0.15) is 39.0 Å². The summed E-state index contributed by atoms with van der Waals surface area (Å²) in [6.45, 7) is 2.97. The molecule has 5 heteroatoms. The minimum Gasteiger partial charge on any atom is -0.494 e. The first kappa shape index (κ1) is 18.5. The summed E-state index contributed by atoms with van der Waals surface area (Å²) in [4.78, 5) is 4.44. The molecule has 4 nitrogen and oxygen atoms in total. The van der Waals surface area contributed by atoms with E-state index in [1.165, 1.54) is 25.7 Å². The van der Waals surface area contributed by atoms with Crippen LogP contribution in [0.5, 0.6) is 5.75 Å². The zero-order valence-electron chi connectivity index (χ0n) is 15.0. The Morgan fingerprint density at radius 1 is 0.962 bits per heavy atom. The maximum absolute atomic E-state index is 6.19. The smallest absolute Gasteiger partial charge is 0.258 e. The first-order valence-corrected chi connectivity index (χ1v) is 9.47. The van der Waals surface area contributed by atoms with Gasteiger partial charge in [-0.3, -0.25) is 0 Å². The van der Waals surface area contributed by atoms with Crippen LogP contribution in [0.4, 0.5) is 0 Å². The minimum absolute atomic E-state index is 0.464. The van der Waals surface area contributed by atoms with Crippen LogP contribution in [0.15, 0.2) is 53.1 Å². The van der Waals surface area contributed by atoms with Gasteiger partial charge in [-0.2, -0.15) is 4.98 Å². The number of halogens is 1. The summed E-state index contributed by atoms with van der Waals surface area (Å²) in [6.07, 6.45) is 6.15. The molecule has 0 aliphatic carbocycles. The highest BCUT2D eigenvalue weighted by Crippen LogP contribution is 2.28. The van der Waals surface area contributed by atoms with Crippen LogP contribution in [0.3, 0.4) is 0 Å². The Morgan fingerprint density at radius 2 is 1.73 bits per heavy atom. The molecule has 0 aliphatic rings. The molecule has 0 unspecified atom stereocenters. The van der Waals surface area contributed by atoms with Crippen molar-refractivity contribution in [2.45, 2.75) is 39.0 Å². The van der Waals surface area contributed by atoms with Crippen molar-refractivity contribution in [2.24, 2.45) is 0 Å². The van der Waals surface area contributed by atoms with E-state index in [2.05, 4.69) is 17.1 Å². The van der Waals surface area contributed by atoms with Crippen molar-refractivity contribution >= 4 is 11.6 Å². The van der Waals surface area contributed by atoms with Gasteiger partial charge in [-0.05, 0) is 42.8 Å². The Labute approximate surface area is 159 Å². The van der Waals surface area contributed by atoms with Crippen LogP contribution in [0.25, 0.3) is 22.8 Å². The predicted molar refractivity (Wildman–Crippen MR) is 104 cm³/mol. The fourth-order valence-corrected chi connectivity index (χ4v) is 2.90. The fraction of sp³-hybridized carbons (Fsp3) is 0.333. The van der Waals surface area contributed by atoms with Crippen molar-refractivity contribution < 1.29 is 9.26 Å². The SMILES string of the molecule is CCCCCCCOc1ccc(-c2nc(-c3ccccc3Cl)no2)cc1. The molecule has 1 heterocycles. The average Bonchev–Trinajstić information content (AvgIpc) is 3.15. The van der Waals surface area contributed by atoms with Crippen molar-refractivity contribution in [1.29, 1.82) is 0 Å². The third-order valence-electron chi connectivity index (χ3n) is 4.16. The number of unbranched alkanes of at least 4 members (excludes halogenated alkanes) is 4. The molecule has 26 heavy (non-hydrogen) atoms. The number of rotatable bonds is 9. The molecule has 1 aromatic heterocycles. The van der Waals surface area contributed by atoms with Gasteiger partial charge in [0.05, 0.1) is 11.6 Å². The molecule has 0 radical (unpaired) electrons. The molecule has 3 rings (SSSR count). The van der Waals surface area contributed by atoms with E-state index in [9.17, 15) is 0 Å². The first-order valence-electron chi connectivity index (χ1n) is 9.10. The topological polar surface area (TPSA) is 48.2 Å². The van der Waals surface area contributed by atoms with Gasteiger partial charge in [0.1, 0.15) is 5.75 Å². The van der Waals surface area contributed by atoms with E-state index in [1.807, 2.05) is 42.5 Å². The van der Waals surface area contributed by atoms with Gasteiger partial charge in [-0.1, -0.05) is 61.5 Å². The van der Waals surface area contributed by atoms with Crippen LogP contribution < -0.4 is 4.74 Å². The summed E-state index contributed by atoms with van der Waals surface area (Å²) in [6, 6.07) is 15.2. The van der Waals surface area contributed by atoms with Crippen molar-refractivity contribution in [3.63, 3.8) is 0 Å². The van der Waals surface area contributed by atoms with Gasteiger partial charge in [-0.25, -0.2) is 0 Å². The van der Waals surface area contributed by atoms with Crippen LogP contribution in [0, 0.1) is 0 Å². The monoisotopic (exact) mass is 370 g/mol. The van der Waals surface area contributed by atoms with Gasteiger partial charge in [0, 0.05) is 11.1 Å². The zero-order valence-corrected chi connectivity index (χ0v) is 15.7. The quantitative estimate of drug-likeness (QED) is 0.408. The van der Waals surface area contributed by atoms with Crippen molar-refractivity contribution in [3.8, 4) is 28.6 Å². The number of hydrogen-bond acceptors (Lipinski definition) is 4. The van der Waals surface area contributed by atoms with E-state index in [1.54, 1.807) is 6.07 Å². The van der Waals surface area contributed by atoms with Crippen LogP contribution in [-0.4, -0.2) is 16.7 Å². The molecule has 0 spiro atoms. The van der Waals surface area contributed by atoms with Gasteiger partial charge in [-0.15, -0.1) is 0 Å². The van der Waals surface area contributed by atoms with E-state index in [4.69, 9.17) is 20.9 Å². The lowest BCUT2D eigenvalue weighted by Crippen LogP contribution is -1.97. The molecule has 3 aromatic rings. The summed E-state index contributed by atoms with van der Waals surface area (Å²) in [5, 5.41) is 4.63. The Kier molecular flexibility index (Phi) is 6.67. The number of ether oxygens (including phenoxy) is 1. The molecule has 0 bridgehead atoms. The number of benzene rings is 2. The van der Waals surface area contributed by atoms with Gasteiger partial charge in [0.15, 0.2) is 0 Å². The minimum atomic E-state index is 0.464. The summed E-state index contributed by atoms with van der Waals surface area (Å²) < 4.78 is 11.2. The molecule has 0 amide bonds. The standard InChI is InChI=1S/C21H23ClN2O2/c1-2-3-4-5-8-15-25-17-13-11-16(12-14-17)21-23-20(24-26-21)18-9-6-7-10-19(18)22/h6-7,9-14H,2-5,8,15H2,1H3. The average molecular weight is 371 g/mol. The van der Waals surface area contributed by atoms with Gasteiger partial charge >= 0.3 is 0 Å². The largest absolute Gasteiger partial charge is 0.494 e. The molecule has 0 aliphatic heterocycles. The van der Waals surface area contributed by atoms with Crippen molar-refractivity contribution in [3.05, 3.63) is 53.6 Å². The summed E-state index contributed by atoms with van der Waals surface area (Å²) in [5.74, 6) is 1.80. The highest BCUT2D eigenvalue weighted by Gasteiger charge is 2.12. The Hall–Kier alpha value is -2.33. The molecular weight excluding hydrogens is 348 g/mol. The number of aromatic nitrogens is 2. The Balaban J connectivity index is 1.58. The first-order chi connectivity index (χ1) is 12.8. The molecule has 0 saturated heterocycles. The third kappa shape index (κ3) is 4.85. The third-order valence-corrected chi connectivity index (χ3v) is 4.49. The second-order valence-electron chi connectivity index (χ2n) is 6.19. The highest BCUT2D eigenvalue weighted by molar-refractivity contribution is 6.33. The molecule has 0 atom stereocenters. The van der Waals surface area contributed by atoms with E-state index in [0.29, 0.717) is 16.7 Å². The second-order valence-corrected chi connectivity index (χ2v) is 6.60. The molecule has 0 fully saturated rings. The van der Waals surface area contributed by atoms with Crippen molar-refractivity contribution in [2.75, 3.05) is 6.61 Å². The van der Waals surface area contributed by atoms with Crippen LogP contribution in [-0.2, 0) is 0 Å². The molecular formula is C21H23ClN2O2. The fourth-order valence-electron chi connectivity index (χ4n) is 2.68. The van der Waals surface area contributed by atoms with E-state index in [-0.39, 0.29) is 0 Å². The summed E-state index contributed by atoms with van der Waals surface area (Å²) >= 11 is 6.19. The van der Waals surface area contributed by atoms with Gasteiger partial charge in [0.25, 0.3) is 5.89 Å². The predicted octanol–water partition coefficient (Wildman–Crippen LogP) is 6.41. The second kappa shape index (κ2) is 9.39. The Morgan fingerprint density at radius 3 is 2.50 bits per heavy atom. The van der Waals surface area contributed by atoms with E-state index >= 15 is 0 Å². The van der Waals surface area contributed by atoms with E-state index in [0.717, 1.165) is 29.9 Å². The molecule has 0 saturated carbocycles. The maximum atomic E-state index is 6.19. The molecule has 0 N–H and O–H groups in total. The molecule has 136 valence electrons. The lowest BCUT2D eigenvalue weighted by atomic mass is 10.2. The lowest BCUT2D eigenvalue weighted by Gasteiger charge is -2.06. The maximum Gasteiger partial charge on any atom is 0.258 e. The molecule has 2 aromatic carbocycles. The lowest BCUT2D eigenvalue weighted by molar-refractivity contribution is 0.304. The van der Waals surface area contributed by atoms with Gasteiger partial charge in [0.2, 0.25) is 5.82 Å². The Bertz CT molecular complexity index is 815. The number of nitrogens with zero attached hydrogens (tertiary/aromatic N) is 2. The van der Waals surface area contributed by atoms with Crippen molar-refractivity contribution in [1.82, 2.24) is 10.1 Å². The highest BCUT2D eigenvalue weighted by atomic mass is 35.5.